The van der Waals surface area contributed by atoms with Gasteiger partial charge in [-0.1, -0.05) is 12.1 Å². The summed E-state index contributed by atoms with van der Waals surface area (Å²) < 4.78 is 5.14. The fraction of sp³-hybridized carbons (Fsp3) is 0.250. The monoisotopic (exact) mass is 361 g/mol. The number of nitrogens with one attached hydrogen (secondary N) is 1. The molecule has 1 aromatic heterocycles. The van der Waals surface area contributed by atoms with Gasteiger partial charge in [-0.05, 0) is 17.7 Å². The highest BCUT2D eigenvalue weighted by Gasteiger charge is 2.34. The summed E-state index contributed by atoms with van der Waals surface area (Å²) in [5.41, 5.74) is 0.587. The molecule has 1 aliphatic heterocycles. The van der Waals surface area contributed by atoms with Crippen molar-refractivity contribution in [1.29, 1.82) is 0 Å². The maximum Gasteiger partial charge on any atom is 0.269 e. The van der Waals surface area contributed by atoms with Gasteiger partial charge < -0.3 is 14.6 Å². The zero-order valence-electron chi connectivity index (χ0n) is 13.1. The molecule has 0 aliphatic carbocycles. The Balaban J connectivity index is 1.68. The molecule has 9 heteroatoms. The predicted octanol–water partition coefficient (Wildman–Crippen LogP) is 2.08. The van der Waals surface area contributed by atoms with Crippen molar-refractivity contribution in [2.45, 2.75) is 11.9 Å². The Kier molecular flexibility index (Phi) is 5.03. The molecule has 2 amide bonds. The number of amides is 2. The summed E-state index contributed by atoms with van der Waals surface area (Å²) in [6, 6.07) is 9.59. The number of non-ortho nitro benzene ring substituents is 1. The number of nitro groups is 1. The standard InChI is InChI=1S/C16H15N3O5S/c20-14(17-8-13-5-2-6-24-13)9-18-15(21)10-25-16(18)11-3-1-4-12(7-11)19(22)23/h1-7,16H,8-10H2,(H,17,20). The van der Waals surface area contributed by atoms with Crippen molar-refractivity contribution in [3.8, 4) is 0 Å². The highest BCUT2D eigenvalue weighted by atomic mass is 32.2. The van der Waals surface area contributed by atoms with Crippen molar-refractivity contribution in [1.82, 2.24) is 10.2 Å². The van der Waals surface area contributed by atoms with Gasteiger partial charge in [-0.2, -0.15) is 0 Å². The summed E-state index contributed by atoms with van der Waals surface area (Å²) in [7, 11) is 0. The smallest absolute Gasteiger partial charge is 0.269 e. The predicted molar refractivity (Wildman–Crippen MR) is 90.6 cm³/mol. The van der Waals surface area contributed by atoms with E-state index in [9.17, 15) is 19.7 Å². The molecule has 1 N–H and O–H groups in total. The summed E-state index contributed by atoms with van der Waals surface area (Å²) in [6.07, 6.45) is 1.51. The summed E-state index contributed by atoms with van der Waals surface area (Å²) in [5.74, 6) is 0.363. The molecule has 3 rings (SSSR count). The van der Waals surface area contributed by atoms with Gasteiger partial charge in [0.2, 0.25) is 11.8 Å². The molecule has 2 aromatic rings. The van der Waals surface area contributed by atoms with E-state index in [1.165, 1.54) is 35.1 Å². The van der Waals surface area contributed by atoms with E-state index in [1.807, 2.05) is 0 Å². The number of carbonyl (C=O) groups excluding carboxylic acids is 2. The van der Waals surface area contributed by atoms with Crippen molar-refractivity contribution in [3.05, 3.63) is 64.1 Å². The summed E-state index contributed by atoms with van der Waals surface area (Å²) >= 11 is 1.35. The van der Waals surface area contributed by atoms with Crippen molar-refractivity contribution in [2.24, 2.45) is 0 Å². The van der Waals surface area contributed by atoms with Gasteiger partial charge in [0, 0.05) is 12.1 Å². The van der Waals surface area contributed by atoms with Crippen molar-refractivity contribution < 1.29 is 18.9 Å². The number of benzene rings is 1. The van der Waals surface area contributed by atoms with Crippen LogP contribution in [0, 0.1) is 10.1 Å². The van der Waals surface area contributed by atoms with E-state index in [-0.39, 0.29) is 36.3 Å². The minimum atomic E-state index is -0.481. The topological polar surface area (TPSA) is 106 Å². The van der Waals surface area contributed by atoms with Gasteiger partial charge in [0.15, 0.2) is 0 Å². The zero-order chi connectivity index (χ0) is 17.8. The van der Waals surface area contributed by atoms with Crippen LogP contribution in [0.15, 0.2) is 47.1 Å². The molecule has 8 nitrogen and oxygen atoms in total. The molecule has 1 aliphatic rings. The molecular formula is C16H15N3O5S. The first kappa shape index (κ1) is 17.0. The third kappa shape index (κ3) is 4.00. The Morgan fingerprint density at radius 3 is 2.96 bits per heavy atom. The summed E-state index contributed by atoms with van der Waals surface area (Å²) in [6.45, 7) is 0.127. The fourth-order valence-corrected chi connectivity index (χ4v) is 3.68. The zero-order valence-corrected chi connectivity index (χ0v) is 13.9. The van der Waals surface area contributed by atoms with E-state index in [2.05, 4.69) is 5.32 Å². The quantitative estimate of drug-likeness (QED) is 0.624. The highest BCUT2D eigenvalue weighted by Crippen LogP contribution is 2.39. The molecule has 1 unspecified atom stereocenters. The maximum atomic E-state index is 12.1. The number of furan rings is 1. The van der Waals surface area contributed by atoms with Crippen LogP contribution in [0.1, 0.15) is 16.7 Å². The van der Waals surface area contributed by atoms with E-state index in [1.54, 1.807) is 24.3 Å². The lowest BCUT2D eigenvalue weighted by molar-refractivity contribution is -0.384. The van der Waals surface area contributed by atoms with Gasteiger partial charge in [0.25, 0.3) is 5.69 Å². The van der Waals surface area contributed by atoms with Gasteiger partial charge in [-0.15, -0.1) is 11.8 Å². The number of nitrogens with zero attached hydrogens (tertiary/aromatic N) is 2. The minimum absolute atomic E-state index is 0.0420. The molecule has 0 bridgehead atoms. The van der Waals surface area contributed by atoms with Crippen LogP contribution in [-0.4, -0.2) is 33.9 Å². The maximum absolute atomic E-state index is 12.1. The van der Waals surface area contributed by atoms with Gasteiger partial charge in [-0.25, -0.2) is 0 Å². The second-order valence-corrected chi connectivity index (χ2v) is 6.46. The Bertz CT molecular complexity index is 793. The molecular weight excluding hydrogens is 346 g/mol. The fourth-order valence-electron chi connectivity index (χ4n) is 2.50. The molecule has 1 saturated heterocycles. The van der Waals surface area contributed by atoms with E-state index in [4.69, 9.17) is 4.42 Å². The average Bonchev–Trinajstić information content (AvgIpc) is 3.24. The van der Waals surface area contributed by atoms with E-state index < -0.39 is 10.3 Å². The lowest BCUT2D eigenvalue weighted by Gasteiger charge is -2.23. The normalized spacial score (nSPS) is 16.9. The molecule has 0 radical (unpaired) electrons. The number of carbonyl (C=O) groups is 2. The molecule has 0 spiro atoms. The number of rotatable bonds is 6. The van der Waals surface area contributed by atoms with Crippen LogP contribution in [-0.2, 0) is 16.1 Å². The third-order valence-corrected chi connectivity index (χ3v) is 4.94. The van der Waals surface area contributed by atoms with Gasteiger partial charge in [0.05, 0.1) is 23.5 Å². The lowest BCUT2D eigenvalue weighted by atomic mass is 10.2. The van der Waals surface area contributed by atoms with Crippen LogP contribution in [0.5, 0.6) is 0 Å². The Morgan fingerprint density at radius 2 is 2.24 bits per heavy atom. The molecule has 130 valence electrons. The van der Waals surface area contributed by atoms with Crippen LogP contribution in [0.3, 0.4) is 0 Å². The summed E-state index contributed by atoms with van der Waals surface area (Å²) in [5, 5.41) is 13.2. The van der Waals surface area contributed by atoms with Crippen molar-refractivity contribution in [2.75, 3.05) is 12.3 Å². The second kappa shape index (κ2) is 7.39. The van der Waals surface area contributed by atoms with E-state index in [0.29, 0.717) is 11.3 Å². The van der Waals surface area contributed by atoms with Crippen LogP contribution >= 0.6 is 11.8 Å². The number of thioether (sulfide) groups is 1. The second-order valence-electron chi connectivity index (χ2n) is 5.39. The van der Waals surface area contributed by atoms with Crippen LogP contribution in [0.4, 0.5) is 5.69 Å². The molecule has 1 aromatic carbocycles. The molecule has 0 saturated carbocycles. The number of hydrogen-bond acceptors (Lipinski definition) is 6. The third-order valence-electron chi connectivity index (χ3n) is 3.69. The van der Waals surface area contributed by atoms with Crippen LogP contribution in [0.25, 0.3) is 0 Å². The SMILES string of the molecule is O=C(CN1C(=O)CSC1c1cccc([N+](=O)[O-])c1)NCc1ccco1. The van der Waals surface area contributed by atoms with Gasteiger partial charge in [-0.3, -0.25) is 19.7 Å². The molecule has 1 atom stereocenters. The van der Waals surface area contributed by atoms with E-state index >= 15 is 0 Å². The van der Waals surface area contributed by atoms with E-state index in [0.717, 1.165) is 0 Å². The lowest BCUT2D eigenvalue weighted by Crippen LogP contribution is -2.39. The first-order valence-electron chi connectivity index (χ1n) is 7.49. The molecule has 2 heterocycles. The van der Waals surface area contributed by atoms with Gasteiger partial charge in [0.1, 0.15) is 17.7 Å². The molecule has 25 heavy (non-hydrogen) atoms. The van der Waals surface area contributed by atoms with Crippen LogP contribution < -0.4 is 5.32 Å². The number of nitro benzene ring substituents is 1. The first-order chi connectivity index (χ1) is 12.0. The van der Waals surface area contributed by atoms with Crippen molar-refractivity contribution >= 4 is 29.3 Å². The minimum Gasteiger partial charge on any atom is -0.467 e. The first-order valence-corrected chi connectivity index (χ1v) is 8.54. The number of hydrogen-bond donors (Lipinski definition) is 1. The van der Waals surface area contributed by atoms with Crippen LogP contribution in [0.2, 0.25) is 0 Å². The Morgan fingerprint density at radius 1 is 1.40 bits per heavy atom. The van der Waals surface area contributed by atoms with Crippen molar-refractivity contribution in [3.63, 3.8) is 0 Å². The van der Waals surface area contributed by atoms with Gasteiger partial charge >= 0.3 is 0 Å². The summed E-state index contributed by atoms with van der Waals surface area (Å²) in [4.78, 5) is 36.1. The highest BCUT2D eigenvalue weighted by molar-refractivity contribution is 8.00. The largest absolute Gasteiger partial charge is 0.467 e. The molecule has 1 fully saturated rings. The Labute approximate surface area is 147 Å². The Hall–Kier alpha value is -2.81. The average molecular weight is 361 g/mol.